The van der Waals surface area contributed by atoms with E-state index in [1.165, 1.54) is 4.88 Å². The molecule has 0 saturated heterocycles. The largest absolute Gasteiger partial charge is 0.369 e. The van der Waals surface area contributed by atoms with Crippen molar-refractivity contribution < 1.29 is 0 Å². The van der Waals surface area contributed by atoms with Gasteiger partial charge in [-0.05, 0) is 26.0 Å². The first-order valence-corrected chi connectivity index (χ1v) is 6.90. The summed E-state index contributed by atoms with van der Waals surface area (Å²) in [5.41, 5.74) is 1.81. The van der Waals surface area contributed by atoms with Crippen LogP contribution in [0.5, 0.6) is 0 Å². The van der Waals surface area contributed by atoms with Gasteiger partial charge in [-0.1, -0.05) is 23.2 Å². The predicted octanol–water partition coefficient (Wildman–Crippen LogP) is 4.86. The number of hydrogen-bond donors (Lipinski definition) is 1. The second-order valence-electron chi connectivity index (χ2n) is 3.63. The van der Waals surface area contributed by atoms with Gasteiger partial charge in [-0.2, -0.15) is 0 Å². The lowest BCUT2D eigenvalue weighted by Crippen LogP contribution is -2.01. The fourth-order valence-electron chi connectivity index (χ4n) is 1.53. The van der Waals surface area contributed by atoms with E-state index in [1.807, 2.05) is 12.3 Å². The zero-order chi connectivity index (χ0) is 12.4. The van der Waals surface area contributed by atoms with Gasteiger partial charge < -0.3 is 5.32 Å². The quantitative estimate of drug-likeness (QED) is 0.872. The smallest absolute Gasteiger partial charge is 0.145 e. The van der Waals surface area contributed by atoms with Crippen LogP contribution >= 0.6 is 34.5 Å². The molecule has 2 heterocycles. The molecule has 0 aliphatic carbocycles. The maximum absolute atomic E-state index is 6.18. The molecule has 0 aliphatic heterocycles. The molecule has 0 saturated carbocycles. The fraction of sp³-hybridized carbons (Fsp3) is 0.250. The molecular formula is C12H12Cl2N2S. The molecule has 1 N–H and O–H groups in total. The third-order valence-electron chi connectivity index (χ3n) is 2.28. The van der Waals surface area contributed by atoms with Crippen LogP contribution in [0.25, 0.3) is 11.3 Å². The highest BCUT2D eigenvalue weighted by Gasteiger charge is 2.11. The number of rotatable bonds is 3. The summed E-state index contributed by atoms with van der Waals surface area (Å²) in [5, 5.41) is 6.30. The van der Waals surface area contributed by atoms with Crippen molar-refractivity contribution in [3.8, 4) is 11.3 Å². The van der Waals surface area contributed by atoms with Crippen LogP contribution in [0.4, 0.5) is 5.82 Å². The van der Waals surface area contributed by atoms with Crippen molar-refractivity contribution in [2.24, 2.45) is 0 Å². The lowest BCUT2D eigenvalue weighted by molar-refractivity contribution is 1.16. The van der Waals surface area contributed by atoms with Crippen LogP contribution in [0, 0.1) is 6.92 Å². The Morgan fingerprint density at radius 3 is 2.65 bits per heavy atom. The summed E-state index contributed by atoms with van der Waals surface area (Å²) < 4.78 is 0. The molecule has 0 atom stereocenters. The number of thiophene rings is 1. The van der Waals surface area contributed by atoms with Crippen LogP contribution in [0.15, 0.2) is 17.5 Å². The van der Waals surface area contributed by atoms with Crippen LogP contribution in [0.1, 0.15) is 11.8 Å². The molecule has 0 amide bonds. The molecule has 90 valence electrons. The highest BCUT2D eigenvalue weighted by Crippen LogP contribution is 2.34. The molecule has 2 rings (SSSR count). The van der Waals surface area contributed by atoms with E-state index in [-0.39, 0.29) is 0 Å². The summed E-state index contributed by atoms with van der Waals surface area (Å²) in [6.45, 7) is 4.83. The summed E-state index contributed by atoms with van der Waals surface area (Å²) in [5.74, 6) is 0.678. The third-order valence-corrected chi connectivity index (χ3v) is 3.72. The van der Waals surface area contributed by atoms with Crippen molar-refractivity contribution in [3.05, 3.63) is 32.4 Å². The average molecular weight is 287 g/mol. The van der Waals surface area contributed by atoms with E-state index in [0.29, 0.717) is 15.9 Å². The predicted molar refractivity (Wildman–Crippen MR) is 76.5 cm³/mol. The Hall–Kier alpha value is -0.770. The molecule has 2 nitrogen and oxygen atoms in total. The minimum absolute atomic E-state index is 0.549. The lowest BCUT2D eigenvalue weighted by Gasteiger charge is -2.08. The van der Waals surface area contributed by atoms with E-state index in [4.69, 9.17) is 23.2 Å². The molecule has 0 unspecified atom stereocenters. The Kier molecular flexibility index (Phi) is 3.92. The van der Waals surface area contributed by atoms with Crippen molar-refractivity contribution in [2.45, 2.75) is 13.8 Å². The van der Waals surface area contributed by atoms with Crippen molar-refractivity contribution in [1.29, 1.82) is 0 Å². The molecule has 2 aromatic heterocycles. The molecule has 0 aromatic carbocycles. The van der Waals surface area contributed by atoms with Crippen molar-refractivity contribution in [2.75, 3.05) is 11.9 Å². The zero-order valence-electron chi connectivity index (χ0n) is 9.55. The number of halogens is 2. The minimum atomic E-state index is 0.549. The van der Waals surface area contributed by atoms with E-state index in [2.05, 4.69) is 23.3 Å². The summed E-state index contributed by atoms with van der Waals surface area (Å²) in [6, 6.07) is 3.80. The Morgan fingerprint density at radius 1 is 1.29 bits per heavy atom. The molecule has 0 bridgehead atoms. The van der Waals surface area contributed by atoms with Crippen LogP contribution in [0.3, 0.4) is 0 Å². The number of pyridine rings is 1. The molecular weight excluding hydrogens is 275 g/mol. The van der Waals surface area contributed by atoms with Crippen molar-refractivity contribution in [3.63, 3.8) is 0 Å². The van der Waals surface area contributed by atoms with Gasteiger partial charge in [0.15, 0.2) is 0 Å². The number of hydrogen-bond acceptors (Lipinski definition) is 3. The Bertz CT molecular complexity index is 537. The standard InChI is InChI=1S/C12H12Cl2N2S/c1-3-15-12-10(14)5-9(13)11(16-12)8-4-7(2)17-6-8/h4-6H,3H2,1-2H3,(H,15,16). The first-order chi connectivity index (χ1) is 8.11. The molecule has 0 radical (unpaired) electrons. The second-order valence-corrected chi connectivity index (χ2v) is 5.56. The highest BCUT2D eigenvalue weighted by molar-refractivity contribution is 7.10. The fourth-order valence-corrected chi connectivity index (χ4v) is 2.75. The number of nitrogens with zero attached hydrogens (tertiary/aromatic N) is 1. The first kappa shape index (κ1) is 12.7. The zero-order valence-corrected chi connectivity index (χ0v) is 11.9. The second kappa shape index (κ2) is 5.25. The molecule has 0 fully saturated rings. The van der Waals surface area contributed by atoms with Gasteiger partial charge in [-0.25, -0.2) is 4.98 Å². The number of aromatic nitrogens is 1. The first-order valence-electron chi connectivity index (χ1n) is 5.27. The Balaban J connectivity index is 2.50. The minimum Gasteiger partial charge on any atom is -0.369 e. The van der Waals surface area contributed by atoms with E-state index < -0.39 is 0 Å². The Morgan fingerprint density at radius 2 is 2.06 bits per heavy atom. The number of aryl methyl sites for hydroxylation is 1. The molecule has 2 aromatic rings. The van der Waals surface area contributed by atoms with E-state index in [1.54, 1.807) is 17.4 Å². The normalized spacial score (nSPS) is 10.6. The van der Waals surface area contributed by atoms with Crippen LogP contribution < -0.4 is 5.32 Å². The van der Waals surface area contributed by atoms with Crippen LogP contribution in [0.2, 0.25) is 10.0 Å². The summed E-state index contributed by atoms with van der Waals surface area (Å²) in [4.78, 5) is 5.71. The van der Waals surface area contributed by atoms with Gasteiger partial charge in [0.2, 0.25) is 0 Å². The van der Waals surface area contributed by atoms with E-state index in [0.717, 1.165) is 17.8 Å². The molecule has 17 heavy (non-hydrogen) atoms. The van der Waals surface area contributed by atoms with Crippen molar-refractivity contribution in [1.82, 2.24) is 4.98 Å². The topological polar surface area (TPSA) is 24.9 Å². The van der Waals surface area contributed by atoms with Gasteiger partial charge in [0.25, 0.3) is 0 Å². The van der Waals surface area contributed by atoms with E-state index in [9.17, 15) is 0 Å². The number of anilines is 1. The maximum atomic E-state index is 6.18. The molecule has 0 aliphatic rings. The van der Waals surface area contributed by atoms with Gasteiger partial charge in [-0.15, -0.1) is 11.3 Å². The number of nitrogens with one attached hydrogen (secondary N) is 1. The van der Waals surface area contributed by atoms with Gasteiger partial charge in [0.1, 0.15) is 5.82 Å². The Labute approximate surface area is 115 Å². The van der Waals surface area contributed by atoms with E-state index >= 15 is 0 Å². The maximum Gasteiger partial charge on any atom is 0.145 e. The molecule has 0 spiro atoms. The highest BCUT2D eigenvalue weighted by atomic mass is 35.5. The van der Waals surface area contributed by atoms with Crippen LogP contribution in [-0.4, -0.2) is 11.5 Å². The van der Waals surface area contributed by atoms with Gasteiger partial charge in [0.05, 0.1) is 15.7 Å². The average Bonchev–Trinajstić information content (AvgIpc) is 2.69. The monoisotopic (exact) mass is 286 g/mol. The molecule has 5 heteroatoms. The van der Waals surface area contributed by atoms with Crippen LogP contribution in [-0.2, 0) is 0 Å². The van der Waals surface area contributed by atoms with Crippen molar-refractivity contribution >= 4 is 40.4 Å². The van der Waals surface area contributed by atoms with Gasteiger partial charge >= 0.3 is 0 Å². The summed E-state index contributed by atoms with van der Waals surface area (Å²) >= 11 is 13.9. The third kappa shape index (κ3) is 2.73. The van der Waals surface area contributed by atoms with Gasteiger partial charge in [-0.3, -0.25) is 0 Å². The summed E-state index contributed by atoms with van der Waals surface area (Å²) in [7, 11) is 0. The van der Waals surface area contributed by atoms with Gasteiger partial charge in [0, 0.05) is 22.4 Å². The summed E-state index contributed by atoms with van der Waals surface area (Å²) in [6.07, 6.45) is 0. The lowest BCUT2D eigenvalue weighted by atomic mass is 10.2. The SMILES string of the molecule is CCNc1nc(-c2csc(C)c2)c(Cl)cc1Cl.